The quantitative estimate of drug-likeness (QED) is 0.704. The normalized spacial score (nSPS) is 20.4. The van der Waals surface area contributed by atoms with Crippen molar-refractivity contribution in [2.45, 2.75) is 19.4 Å². The number of nitrogens with zero attached hydrogens (tertiary/aromatic N) is 3. The summed E-state index contributed by atoms with van der Waals surface area (Å²) in [7, 11) is 0. The molecule has 0 aliphatic carbocycles. The molecule has 0 N–H and O–H groups in total. The van der Waals surface area contributed by atoms with Gasteiger partial charge in [0.15, 0.2) is 0 Å². The van der Waals surface area contributed by atoms with E-state index in [4.69, 9.17) is 16.3 Å². The highest BCUT2D eigenvalue weighted by Crippen LogP contribution is 2.28. The first-order chi connectivity index (χ1) is 14.1. The van der Waals surface area contributed by atoms with E-state index < -0.39 is 0 Å². The minimum atomic E-state index is -0.388. The molecule has 29 heavy (non-hydrogen) atoms. The maximum atomic E-state index is 13.0. The summed E-state index contributed by atoms with van der Waals surface area (Å²) in [6, 6.07) is 14.5. The molecule has 1 atom stereocenters. The van der Waals surface area contributed by atoms with E-state index in [9.17, 15) is 9.59 Å². The Hall–Kier alpha value is -2.57. The Morgan fingerprint density at radius 1 is 0.931 bits per heavy atom. The summed E-state index contributed by atoms with van der Waals surface area (Å²) in [5.41, 5.74) is 1.73. The third-order valence-corrected chi connectivity index (χ3v) is 5.73. The Morgan fingerprint density at radius 2 is 1.55 bits per heavy atom. The van der Waals surface area contributed by atoms with E-state index in [1.807, 2.05) is 31.2 Å². The molecule has 0 aromatic heterocycles. The monoisotopic (exact) mass is 413 g/mol. The molecule has 2 heterocycles. The number of imide groups is 1. The molecule has 2 aromatic carbocycles. The Bertz CT molecular complexity index is 877. The Kier molecular flexibility index (Phi) is 5.74. The molecule has 4 rings (SSSR count). The predicted octanol–water partition coefficient (Wildman–Crippen LogP) is 3.19. The molecule has 0 saturated carbocycles. The molecule has 6 nitrogen and oxygen atoms in total. The van der Waals surface area contributed by atoms with Crippen LogP contribution < -0.4 is 14.5 Å². The van der Waals surface area contributed by atoms with Crippen molar-refractivity contribution in [2.75, 3.05) is 42.6 Å². The zero-order valence-corrected chi connectivity index (χ0v) is 17.1. The molecule has 2 aliphatic rings. The molecule has 2 aliphatic heterocycles. The van der Waals surface area contributed by atoms with Gasteiger partial charge in [-0.15, -0.1) is 0 Å². The van der Waals surface area contributed by atoms with Crippen molar-refractivity contribution >= 4 is 34.8 Å². The van der Waals surface area contributed by atoms with Crippen molar-refractivity contribution in [3.05, 3.63) is 53.6 Å². The summed E-state index contributed by atoms with van der Waals surface area (Å²) in [5, 5.41) is 0.719. The number of piperazine rings is 1. The second kappa shape index (κ2) is 8.43. The van der Waals surface area contributed by atoms with Crippen LogP contribution in [0.3, 0.4) is 0 Å². The van der Waals surface area contributed by atoms with Crippen LogP contribution in [0, 0.1) is 0 Å². The van der Waals surface area contributed by atoms with Gasteiger partial charge in [-0.1, -0.05) is 11.6 Å². The van der Waals surface area contributed by atoms with Gasteiger partial charge < -0.3 is 9.64 Å². The SMILES string of the molecule is CCOc1ccc(N2C(=O)C[C@H](N3CCN(c4ccc(Cl)cc4)CC3)C2=O)cc1. The lowest BCUT2D eigenvalue weighted by molar-refractivity contribution is -0.123. The average Bonchev–Trinajstić information content (AvgIpc) is 3.04. The van der Waals surface area contributed by atoms with E-state index in [-0.39, 0.29) is 24.3 Å². The van der Waals surface area contributed by atoms with Crippen LogP contribution in [0.2, 0.25) is 5.02 Å². The van der Waals surface area contributed by atoms with E-state index in [1.54, 1.807) is 24.3 Å². The van der Waals surface area contributed by atoms with Gasteiger partial charge in [-0.2, -0.15) is 0 Å². The lowest BCUT2D eigenvalue weighted by atomic mass is 10.1. The van der Waals surface area contributed by atoms with Crippen molar-refractivity contribution in [1.82, 2.24) is 4.90 Å². The Balaban J connectivity index is 1.40. The number of hydrogen-bond donors (Lipinski definition) is 0. The summed E-state index contributed by atoms with van der Waals surface area (Å²) < 4.78 is 5.44. The number of hydrogen-bond acceptors (Lipinski definition) is 5. The topological polar surface area (TPSA) is 53.1 Å². The minimum absolute atomic E-state index is 0.140. The molecule has 2 aromatic rings. The number of carbonyl (C=O) groups excluding carboxylic acids is 2. The lowest BCUT2D eigenvalue weighted by Crippen LogP contribution is -2.52. The van der Waals surface area contributed by atoms with Crippen molar-refractivity contribution in [1.29, 1.82) is 0 Å². The first-order valence-corrected chi connectivity index (χ1v) is 10.3. The fourth-order valence-electron chi connectivity index (χ4n) is 3.97. The summed E-state index contributed by atoms with van der Waals surface area (Å²) in [6.45, 7) is 5.59. The summed E-state index contributed by atoms with van der Waals surface area (Å²) in [4.78, 5) is 31.3. The fourth-order valence-corrected chi connectivity index (χ4v) is 4.10. The molecule has 0 radical (unpaired) electrons. The lowest BCUT2D eigenvalue weighted by Gasteiger charge is -2.38. The molecule has 0 bridgehead atoms. The van der Waals surface area contributed by atoms with Crippen molar-refractivity contribution in [2.24, 2.45) is 0 Å². The van der Waals surface area contributed by atoms with Gasteiger partial charge in [0.2, 0.25) is 5.91 Å². The van der Waals surface area contributed by atoms with Crippen molar-refractivity contribution in [3.8, 4) is 5.75 Å². The highest BCUT2D eigenvalue weighted by atomic mass is 35.5. The summed E-state index contributed by atoms with van der Waals surface area (Å²) in [5.74, 6) is 0.439. The standard InChI is InChI=1S/C22H24ClN3O3/c1-2-29-19-9-7-18(8-10-19)26-21(27)15-20(22(26)28)25-13-11-24(12-14-25)17-5-3-16(23)4-6-17/h3-10,20H,2,11-15H2,1H3/t20-/m0/s1. The first-order valence-electron chi connectivity index (χ1n) is 9.91. The van der Waals surface area contributed by atoms with E-state index >= 15 is 0 Å². The van der Waals surface area contributed by atoms with Gasteiger partial charge in [0, 0.05) is 36.9 Å². The number of halogens is 1. The van der Waals surface area contributed by atoms with Crippen LogP contribution in [0.4, 0.5) is 11.4 Å². The van der Waals surface area contributed by atoms with Crippen molar-refractivity contribution in [3.63, 3.8) is 0 Å². The molecule has 0 spiro atoms. The second-order valence-electron chi connectivity index (χ2n) is 7.21. The van der Waals surface area contributed by atoms with Crippen LogP contribution in [0.25, 0.3) is 0 Å². The minimum Gasteiger partial charge on any atom is -0.494 e. The van der Waals surface area contributed by atoms with Crippen LogP contribution >= 0.6 is 11.6 Å². The molecule has 0 unspecified atom stereocenters. The molecular formula is C22H24ClN3O3. The molecule has 2 amide bonds. The van der Waals surface area contributed by atoms with Crippen LogP contribution in [-0.4, -0.2) is 55.5 Å². The van der Waals surface area contributed by atoms with Crippen molar-refractivity contribution < 1.29 is 14.3 Å². The number of rotatable bonds is 5. The third kappa shape index (κ3) is 4.09. The van der Waals surface area contributed by atoms with Gasteiger partial charge >= 0.3 is 0 Å². The highest BCUT2D eigenvalue weighted by Gasteiger charge is 2.43. The average molecular weight is 414 g/mol. The van der Waals surface area contributed by atoms with Gasteiger partial charge in [-0.05, 0) is 55.5 Å². The zero-order valence-electron chi connectivity index (χ0n) is 16.4. The fraction of sp³-hybridized carbons (Fsp3) is 0.364. The molecule has 2 saturated heterocycles. The third-order valence-electron chi connectivity index (χ3n) is 5.48. The van der Waals surface area contributed by atoms with Crippen LogP contribution in [0.1, 0.15) is 13.3 Å². The molecule has 7 heteroatoms. The highest BCUT2D eigenvalue weighted by molar-refractivity contribution is 6.30. The van der Waals surface area contributed by atoms with Gasteiger partial charge in [0.25, 0.3) is 5.91 Å². The molecule has 152 valence electrons. The van der Waals surface area contributed by atoms with Gasteiger partial charge in [-0.3, -0.25) is 14.5 Å². The van der Waals surface area contributed by atoms with Crippen LogP contribution in [0.5, 0.6) is 5.75 Å². The summed E-state index contributed by atoms with van der Waals surface area (Å²) >= 11 is 5.97. The van der Waals surface area contributed by atoms with Gasteiger partial charge in [0.1, 0.15) is 5.75 Å². The Morgan fingerprint density at radius 3 is 2.17 bits per heavy atom. The number of carbonyl (C=O) groups is 2. The molecule has 2 fully saturated rings. The van der Waals surface area contributed by atoms with E-state index in [2.05, 4.69) is 9.80 Å². The van der Waals surface area contributed by atoms with Crippen LogP contribution in [0.15, 0.2) is 48.5 Å². The smallest absolute Gasteiger partial charge is 0.251 e. The van der Waals surface area contributed by atoms with E-state index in [0.29, 0.717) is 12.3 Å². The predicted molar refractivity (Wildman–Crippen MR) is 114 cm³/mol. The second-order valence-corrected chi connectivity index (χ2v) is 7.65. The van der Waals surface area contributed by atoms with E-state index in [1.165, 1.54) is 4.90 Å². The number of amides is 2. The van der Waals surface area contributed by atoms with Gasteiger partial charge in [0.05, 0.1) is 24.8 Å². The number of ether oxygens (including phenoxy) is 1. The largest absolute Gasteiger partial charge is 0.494 e. The van der Waals surface area contributed by atoms with Crippen LogP contribution in [-0.2, 0) is 9.59 Å². The van der Waals surface area contributed by atoms with Gasteiger partial charge in [-0.25, -0.2) is 4.90 Å². The first kappa shape index (κ1) is 19.7. The number of benzene rings is 2. The maximum absolute atomic E-state index is 13.0. The Labute approximate surface area is 175 Å². The number of anilines is 2. The summed E-state index contributed by atoms with van der Waals surface area (Å²) in [6.07, 6.45) is 0.229. The zero-order chi connectivity index (χ0) is 20.4. The van der Waals surface area contributed by atoms with E-state index in [0.717, 1.165) is 42.6 Å². The maximum Gasteiger partial charge on any atom is 0.251 e. The molecular weight excluding hydrogens is 390 g/mol.